The maximum Gasteiger partial charge on any atom is 0.306 e. The highest BCUT2D eigenvalue weighted by molar-refractivity contribution is 5.71. The van der Waals surface area contributed by atoms with Gasteiger partial charge >= 0.3 is 17.9 Å². The van der Waals surface area contributed by atoms with E-state index in [9.17, 15) is 14.4 Å². The molecule has 0 N–H and O–H groups in total. The van der Waals surface area contributed by atoms with Crippen LogP contribution in [-0.4, -0.2) is 37.2 Å². The predicted octanol–water partition coefficient (Wildman–Crippen LogP) is 23.0. The van der Waals surface area contributed by atoms with Crippen molar-refractivity contribution in [3.05, 3.63) is 109 Å². The van der Waals surface area contributed by atoms with Crippen molar-refractivity contribution in [2.45, 2.75) is 322 Å². The van der Waals surface area contributed by atoms with Crippen molar-refractivity contribution in [2.75, 3.05) is 13.2 Å². The van der Waals surface area contributed by atoms with Crippen molar-refractivity contribution in [3.63, 3.8) is 0 Å². The molecule has 0 aliphatic rings. The Morgan fingerprint density at radius 1 is 0.266 bits per heavy atom. The molecule has 6 heteroatoms. The average Bonchev–Trinajstić information content (AvgIpc) is 3.45. The first-order chi connectivity index (χ1) is 39.0. The van der Waals surface area contributed by atoms with E-state index < -0.39 is 6.10 Å². The Balaban J connectivity index is 4.45. The van der Waals surface area contributed by atoms with Crippen molar-refractivity contribution in [2.24, 2.45) is 0 Å². The lowest BCUT2D eigenvalue weighted by atomic mass is 10.1. The molecule has 0 spiro atoms. The Morgan fingerprint density at radius 2 is 0.494 bits per heavy atom. The number of carbonyl (C=O) groups is 3. The van der Waals surface area contributed by atoms with E-state index in [0.29, 0.717) is 19.3 Å². The molecule has 0 heterocycles. The fourth-order valence-electron chi connectivity index (χ4n) is 9.24. The van der Waals surface area contributed by atoms with E-state index in [4.69, 9.17) is 14.2 Å². The maximum atomic E-state index is 12.9. The van der Waals surface area contributed by atoms with Gasteiger partial charge in [-0.2, -0.15) is 0 Å². The fourth-order valence-corrected chi connectivity index (χ4v) is 9.24. The highest BCUT2D eigenvalue weighted by Gasteiger charge is 2.19. The minimum atomic E-state index is -0.797. The summed E-state index contributed by atoms with van der Waals surface area (Å²) in [6.45, 7) is 6.51. The summed E-state index contributed by atoms with van der Waals surface area (Å²) >= 11 is 0. The molecule has 1 atom stereocenters. The SMILES string of the molecule is CC/C=C\C/C=C\C/C=C\C/C=C\CCCCCCCCC(=O)OCC(COC(=O)CCCCCCCC/C=C\C/C=C\C/C=C\CCCCCCC)OC(=O)CCCCCCCCCCC/C=C\C/C=C\CCCCCCC. The van der Waals surface area contributed by atoms with Crippen molar-refractivity contribution in [3.8, 4) is 0 Å². The van der Waals surface area contributed by atoms with Crippen molar-refractivity contribution < 1.29 is 28.6 Å². The van der Waals surface area contributed by atoms with Gasteiger partial charge in [-0.1, -0.05) is 278 Å². The number of hydrogen-bond acceptors (Lipinski definition) is 6. The number of carbonyl (C=O) groups excluding carboxylic acids is 3. The van der Waals surface area contributed by atoms with Crippen LogP contribution < -0.4 is 0 Å². The largest absolute Gasteiger partial charge is 0.462 e. The number of allylic oxidation sites excluding steroid dienone is 18. The monoisotopic (exact) mass is 1100 g/mol. The molecule has 0 fully saturated rings. The Morgan fingerprint density at radius 3 is 0.772 bits per heavy atom. The number of rotatable bonds is 60. The van der Waals surface area contributed by atoms with Crippen LogP contribution >= 0.6 is 0 Å². The second kappa shape index (κ2) is 66.6. The van der Waals surface area contributed by atoms with E-state index in [-0.39, 0.29) is 31.1 Å². The van der Waals surface area contributed by atoms with Crippen LogP contribution in [0.2, 0.25) is 0 Å². The van der Waals surface area contributed by atoms with Crippen LogP contribution in [0.4, 0.5) is 0 Å². The topological polar surface area (TPSA) is 78.9 Å². The summed E-state index contributed by atoms with van der Waals surface area (Å²) in [5, 5.41) is 0. The van der Waals surface area contributed by atoms with Crippen LogP contribution in [0.1, 0.15) is 316 Å². The Bertz CT molecular complexity index is 1590. The summed E-state index contributed by atoms with van der Waals surface area (Å²) < 4.78 is 17.0. The lowest BCUT2D eigenvalue weighted by molar-refractivity contribution is -0.167. The van der Waals surface area contributed by atoms with Gasteiger partial charge in [0.1, 0.15) is 13.2 Å². The standard InChI is InChI=1S/C73H124O6/c1-4-7-10-13-16-19-22-25-28-31-34-36-39-42-45-48-51-54-57-60-63-66-72(75)78-69-70(68-77-71(74)65-62-59-56-53-50-47-44-41-38-33-30-27-24-21-18-15-12-9-6-3)79-73(76)67-64-61-58-55-52-49-46-43-40-37-35-32-29-26-23-20-17-14-11-8-5-2/h9,12,18,21-23,25-27,30-32,34-35,38-39,41-42,70H,4-8,10-11,13-17,19-20,24,28-29,33,36-37,40,43-69H2,1-3H3/b12-9-,21-18-,25-22-,26-23-,30-27-,34-31-,35-32-,41-38-,42-39-. The molecule has 6 nitrogen and oxygen atoms in total. The van der Waals surface area contributed by atoms with Gasteiger partial charge in [-0.25, -0.2) is 0 Å². The van der Waals surface area contributed by atoms with Gasteiger partial charge < -0.3 is 14.2 Å². The van der Waals surface area contributed by atoms with E-state index in [2.05, 4.69) is 130 Å². The van der Waals surface area contributed by atoms with Gasteiger partial charge in [-0.3, -0.25) is 14.4 Å². The summed E-state index contributed by atoms with van der Waals surface area (Å²) in [4.78, 5) is 38.4. The molecule has 452 valence electrons. The van der Waals surface area contributed by atoms with Gasteiger partial charge in [0.25, 0.3) is 0 Å². The smallest absolute Gasteiger partial charge is 0.306 e. The van der Waals surface area contributed by atoms with E-state index in [1.54, 1.807) is 0 Å². The Labute approximate surface area is 489 Å². The van der Waals surface area contributed by atoms with Crippen LogP contribution in [0.3, 0.4) is 0 Å². The molecule has 0 bridgehead atoms. The number of unbranched alkanes of at least 4 members (excludes halogenated alkanes) is 31. The molecule has 0 aliphatic heterocycles. The third-order valence-corrected chi connectivity index (χ3v) is 14.2. The summed E-state index contributed by atoms with van der Waals surface area (Å²) in [5.74, 6) is -0.912. The maximum absolute atomic E-state index is 12.9. The van der Waals surface area contributed by atoms with Crippen LogP contribution in [-0.2, 0) is 28.6 Å². The minimum Gasteiger partial charge on any atom is -0.462 e. The van der Waals surface area contributed by atoms with E-state index in [1.165, 1.54) is 154 Å². The van der Waals surface area contributed by atoms with Crippen molar-refractivity contribution >= 4 is 17.9 Å². The molecule has 0 aliphatic carbocycles. The summed E-state index contributed by atoms with van der Waals surface area (Å²) in [7, 11) is 0. The van der Waals surface area contributed by atoms with Gasteiger partial charge in [0.05, 0.1) is 0 Å². The van der Waals surface area contributed by atoms with Gasteiger partial charge in [0, 0.05) is 19.3 Å². The average molecular weight is 1100 g/mol. The summed E-state index contributed by atoms with van der Waals surface area (Å²) in [5.41, 5.74) is 0. The Kier molecular flexibility index (Phi) is 63.3. The summed E-state index contributed by atoms with van der Waals surface area (Å²) in [6.07, 6.45) is 90.9. The second-order valence-electron chi connectivity index (χ2n) is 22.0. The molecule has 0 aromatic rings. The van der Waals surface area contributed by atoms with Crippen LogP contribution in [0.15, 0.2) is 109 Å². The zero-order valence-electron chi connectivity index (χ0n) is 51.9. The van der Waals surface area contributed by atoms with Gasteiger partial charge in [0.2, 0.25) is 0 Å². The van der Waals surface area contributed by atoms with E-state index >= 15 is 0 Å². The molecule has 0 rings (SSSR count). The second-order valence-corrected chi connectivity index (χ2v) is 22.0. The minimum absolute atomic E-state index is 0.0919. The fraction of sp³-hybridized carbons (Fsp3) is 0.712. The van der Waals surface area contributed by atoms with Crippen LogP contribution in [0.5, 0.6) is 0 Å². The lowest BCUT2D eigenvalue weighted by Gasteiger charge is -2.18. The molecule has 0 aromatic carbocycles. The number of esters is 3. The predicted molar refractivity (Wildman–Crippen MR) is 343 cm³/mol. The highest BCUT2D eigenvalue weighted by Crippen LogP contribution is 2.16. The normalized spacial score (nSPS) is 12.8. The molecule has 1 unspecified atom stereocenters. The van der Waals surface area contributed by atoms with Crippen molar-refractivity contribution in [1.29, 1.82) is 0 Å². The van der Waals surface area contributed by atoms with E-state index in [0.717, 1.165) is 122 Å². The third-order valence-electron chi connectivity index (χ3n) is 14.2. The molecule has 79 heavy (non-hydrogen) atoms. The summed E-state index contributed by atoms with van der Waals surface area (Å²) in [6, 6.07) is 0. The van der Waals surface area contributed by atoms with Crippen LogP contribution in [0.25, 0.3) is 0 Å². The first-order valence-corrected chi connectivity index (χ1v) is 33.4. The first-order valence-electron chi connectivity index (χ1n) is 33.4. The van der Waals surface area contributed by atoms with Crippen LogP contribution in [0, 0.1) is 0 Å². The first kappa shape index (κ1) is 75.1. The van der Waals surface area contributed by atoms with Gasteiger partial charge in [0.15, 0.2) is 6.10 Å². The number of hydrogen-bond donors (Lipinski definition) is 0. The zero-order chi connectivity index (χ0) is 57.1. The lowest BCUT2D eigenvalue weighted by Crippen LogP contribution is -2.30. The zero-order valence-corrected chi connectivity index (χ0v) is 51.9. The van der Waals surface area contributed by atoms with Crippen molar-refractivity contribution in [1.82, 2.24) is 0 Å². The number of ether oxygens (including phenoxy) is 3. The quantitative estimate of drug-likeness (QED) is 0.0261. The Hall–Kier alpha value is -3.93. The molecule has 0 saturated heterocycles. The van der Waals surface area contributed by atoms with Gasteiger partial charge in [-0.05, 0) is 128 Å². The van der Waals surface area contributed by atoms with E-state index in [1.807, 2.05) is 0 Å². The molecular weight excluding hydrogens is 973 g/mol. The molecule has 0 radical (unpaired) electrons. The molecule has 0 amide bonds. The van der Waals surface area contributed by atoms with Gasteiger partial charge in [-0.15, -0.1) is 0 Å². The molecule has 0 aromatic heterocycles. The highest BCUT2D eigenvalue weighted by atomic mass is 16.6. The molecule has 0 saturated carbocycles. The molecular formula is C73H124O6. The third kappa shape index (κ3) is 64.8.